The molecule has 1 aromatic carbocycles. The Morgan fingerprint density at radius 2 is 1.93 bits per heavy atom. The molecule has 0 spiro atoms. The maximum absolute atomic E-state index is 13.6. The van der Waals surface area contributed by atoms with Crippen molar-refractivity contribution < 1.29 is 27.4 Å². The Bertz CT molecular complexity index is 1220. The number of nitrogens with zero attached hydrogens (tertiary/aromatic N) is 2. The standard InChI is InChI=1S/C20H19ClN2O6S/c1-27-20(24)4-2-3-13-11-15-16(6-8-19(21)22-15)23(13)30(25,26)14-5-7-17-18(12-14)29-10-9-28-17/h5-8,11-12H,2-4,9-10H2,1H3. The van der Waals surface area contributed by atoms with Crippen LogP contribution in [0, 0.1) is 0 Å². The van der Waals surface area contributed by atoms with Gasteiger partial charge in [-0.2, -0.15) is 0 Å². The molecule has 0 N–H and O–H groups in total. The van der Waals surface area contributed by atoms with Crippen LogP contribution in [0.25, 0.3) is 11.0 Å². The third kappa shape index (κ3) is 3.82. The third-order valence-corrected chi connectivity index (χ3v) is 6.72. The highest BCUT2D eigenvalue weighted by atomic mass is 35.5. The molecule has 0 fully saturated rings. The van der Waals surface area contributed by atoms with E-state index in [1.807, 2.05) is 0 Å². The molecule has 0 atom stereocenters. The predicted octanol–water partition coefficient (Wildman–Crippen LogP) is 3.19. The predicted molar refractivity (Wildman–Crippen MR) is 110 cm³/mol. The van der Waals surface area contributed by atoms with Crippen LogP contribution in [-0.2, 0) is 26.0 Å². The summed E-state index contributed by atoms with van der Waals surface area (Å²) in [5, 5.41) is 0.262. The SMILES string of the molecule is COC(=O)CCCc1cc2nc(Cl)ccc2n1S(=O)(=O)c1ccc2c(c1)OCCO2. The molecule has 1 aliphatic rings. The Balaban J connectivity index is 1.79. The first-order valence-electron chi connectivity index (χ1n) is 9.29. The zero-order valence-electron chi connectivity index (χ0n) is 16.1. The summed E-state index contributed by atoms with van der Waals surface area (Å²) in [5.74, 6) is 0.532. The number of halogens is 1. The summed E-state index contributed by atoms with van der Waals surface area (Å²) in [5.41, 5.74) is 1.36. The molecule has 0 aliphatic carbocycles. The molecule has 4 rings (SSSR count). The highest BCUT2D eigenvalue weighted by Crippen LogP contribution is 2.34. The number of carbonyl (C=O) groups excluding carboxylic acids is 1. The molecule has 1 aliphatic heterocycles. The molecule has 0 radical (unpaired) electrons. The second kappa shape index (κ2) is 8.16. The number of benzene rings is 1. The fraction of sp³-hybridized carbons (Fsp3) is 0.300. The number of pyridine rings is 1. The van der Waals surface area contributed by atoms with E-state index in [4.69, 9.17) is 21.1 Å². The zero-order chi connectivity index (χ0) is 21.3. The lowest BCUT2D eigenvalue weighted by atomic mass is 10.2. The van der Waals surface area contributed by atoms with Gasteiger partial charge in [0.15, 0.2) is 11.5 Å². The Morgan fingerprint density at radius 1 is 1.17 bits per heavy atom. The molecular formula is C20H19ClN2O6S. The minimum atomic E-state index is -3.97. The van der Waals surface area contributed by atoms with Gasteiger partial charge >= 0.3 is 5.97 Å². The van der Waals surface area contributed by atoms with Crippen molar-refractivity contribution in [2.75, 3.05) is 20.3 Å². The fourth-order valence-corrected chi connectivity index (χ4v) is 5.08. The molecule has 0 unspecified atom stereocenters. The van der Waals surface area contributed by atoms with Gasteiger partial charge in [0.1, 0.15) is 18.4 Å². The zero-order valence-corrected chi connectivity index (χ0v) is 17.7. The van der Waals surface area contributed by atoms with Gasteiger partial charge < -0.3 is 14.2 Å². The van der Waals surface area contributed by atoms with Crippen molar-refractivity contribution in [3.05, 3.63) is 47.2 Å². The van der Waals surface area contributed by atoms with E-state index in [1.54, 1.807) is 18.2 Å². The molecule has 3 aromatic rings. The molecule has 10 heteroatoms. The van der Waals surface area contributed by atoms with Crippen molar-refractivity contribution in [3.8, 4) is 11.5 Å². The number of ether oxygens (including phenoxy) is 3. The van der Waals surface area contributed by atoms with Gasteiger partial charge in [-0.05, 0) is 43.2 Å². The van der Waals surface area contributed by atoms with Crippen LogP contribution in [0.4, 0.5) is 0 Å². The maximum atomic E-state index is 13.6. The smallest absolute Gasteiger partial charge is 0.305 e. The first-order chi connectivity index (χ1) is 14.4. The maximum Gasteiger partial charge on any atom is 0.305 e. The van der Waals surface area contributed by atoms with Crippen LogP contribution < -0.4 is 9.47 Å². The minimum Gasteiger partial charge on any atom is -0.486 e. The molecule has 30 heavy (non-hydrogen) atoms. The van der Waals surface area contributed by atoms with Crippen LogP contribution in [0.3, 0.4) is 0 Å². The monoisotopic (exact) mass is 450 g/mol. The van der Waals surface area contributed by atoms with E-state index >= 15 is 0 Å². The van der Waals surface area contributed by atoms with Crippen molar-refractivity contribution in [2.24, 2.45) is 0 Å². The third-order valence-electron chi connectivity index (χ3n) is 4.74. The number of methoxy groups -OCH3 is 1. The average molecular weight is 451 g/mol. The molecule has 0 bridgehead atoms. The van der Waals surface area contributed by atoms with Gasteiger partial charge in [0.2, 0.25) is 0 Å². The van der Waals surface area contributed by atoms with E-state index in [-0.39, 0.29) is 22.4 Å². The summed E-state index contributed by atoms with van der Waals surface area (Å²) in [6, 6.07) is 9.35. The van der Waals surface area contributed by atoms with Crippen LogP contribution in [0.1, 0.15) is 18.5 Å². The summed E-state index contributed by atoms with van der Waals surface area (Å²) >= 11 is 5.99. The molecule has 3 heterocycles. The van der Waals surface area contributed by atoms with Gasteiger partial charge in [-0.15, -0.1) is 0 Å². The second-order valence-corrected chi connectivity index (χ2v) is 8.85. The molecular weight excluding hydrogens is 432 g/mol. The van der Waals surface area contributed by atoms with Gasteiger partial charge in [0.05, 0.1) is 23.0 Å². The number of hydrogen-bond acceptors (Lipinski definition) is 7. The molecule has 0 amide bonds. The van der Waals surface area contributed by atoms with Crippen LogP contribution in [0.5, 0.6) is 11.5 Å². The highest BCUT2D eigenvalue weighted by molar-refractivity contribution is 7.90. The number of carbonyl (C=O) groups is 1. The summed E-state index contributed by atoms with van der Waals surface area (Å²) in [6.07, 6.45) is 0.941. The van der Waals surface area contributed by atoms with Gasteiger partial charge in [0, 0.05) is 18.2 Å². The van der Waals surface area contributed by atoms with Crippen molar-refractivity contribution in [2.45, 2.75) is 24.2 Å². The van der Waals surface area contributed by atoms with E-state index in [1.165, 1.54) is 29.3 Å². The number of esters is 1. The number of fused-ring (bicyclic) bond motifs is 2. The first kappa shape index (κ1) is 20.5. The largest absolute Gasteiger partial charge is 0.486 e. The molecule has 0 saturated heterocycles. The van der Waals surface area contributed by atoms with E-state index in [0.29, 0.717) is 54.3 Å². The lowest BCUT2D eigenvalue weighted by molar-refractivity contribution is -0.140. The summed E-state index contributed by atoms with van der Waals surface area (Å²) in [7, 11) is -2.66. The lowest BCUT2D eigenvalue weighted by Gasteiger charge is -2.19. The molecule has 0 saturated carbocycles. The van der Waals surface area contributed by atoms with Crippen molar-refractivity contribution in [3.63, 3.8) is 0 Å². The Morgan fingerprint density at radius 3 is 2.70 bits per heavy atom. The Labute approximate surface area is 178 Å². The highest BCUT2D eigenvalue weighted by Gasteiger charge is 2.26. The molecule has 2 aromatic heterocycles. The van der Waals surface area contributed by atoms with Gasteiger partial charge in [-0.25, -0.2) is 17.4 Å². The first-order valence-corrected chi connectivity index (χ1v) is 11.1. The van der Waals surface area contributed by atoms with Crippen molar-refractivity contribution >= 4 is 38.6 Å². The van der Waals surface area contributed by atoms with Crippen LogP contribution >= 0.6 is 11.6 Å². The minimum absolute atomic E-state index is 0.0633. The average Bonchev–Trinajstić information content (AvgIpc) is 3.11. The van der Waals surface area contributed by atoms with Crippen molar-refractivity contribution in [1.82, 2.24) is 8.96 Å². The molecule has 8 nitrogen and oxygen atoms in total. The Kier molecular flexibility index (Phi) is 5.57. The van der Waals surface area contributed by atoms with E-state index in [0.717, 1.165) is 0 Å². The number of aromatic nitrogens is 2. The van der Waals surface area contributed by atoms with E-state index in [9.17, 15) is 13.2 Å². The fourth-order valence-electron chi connectivity index (χ4n) is 3.35. The van der Waals surface area contributed by atoms with Crippen molar-refractivity contribution in [1.29, 1.82) is 0 Å². The Hall–Kier alpha value is -2.78. The number of rotatable bonds is 6. The molecule has 158 valence electrons. The number of aryl methyl sites for hydroxylation is 1. The summed E-state index contributed by atoms with van der Waals surface area (Å²) < 4.78 is 44.1. The summed E-state index contributed by atoms with van der Waals surface area (Å²) in [6.45, 7) is 0.766. The van der Waals surface area contributed by atoms with E-state index in [2.05, 4.69) is 9.72 Å². The topological polar surface area (TPSA) is 96.7 Å². The second-order valence-electron chi connectivity index (χ2n) is 6.68. The van der Waals surface area contributed by atoms with E-state index < -0.39 is 10.0 Å². The van der Waals surface area contributed by atoms with Gasteiger partial charge in [-0.1, -0.05) is 11.6 Å². The lowest BCUT2D eigenvalue weighted by Crippen LogP contribution is -2.18. The quantitative estimate of drug-likeness (QED) is 0.420. The van der Waals surface area contributed by atoms with Crippen LogP contribution in [-0.4, -0.2) is 43.7 Å². The number of hydrogen-bond donors (Lipinski definition) is 0. The van der Waals surface area contributed by atoms with Crippen LogP contribution in [0.2, 0.25) is 5.15 Å². The van der Waals surface area contributed by atoms with Gasteiger partial charge in [-0.3, -0.25) is 4.79 Å². The van der Waals surface area contributed by atoms with Gasteiger partial charge in [0.25, 0.3) is 10.0 Å². The van der Waals surface area contributed by atoms with Crippen LogP contribution in [0.15, 0.2) is 41.3 Å². The summed E-state index contributed by atoms with van der Waals surface area (Å²) in [4.78, 5) is 15.8. The normalized spacial score (nSPS) is 13.4.